The molecular weight excluding hydrogens is 452 g/mol. The molecule has 8 nitrogen and oxygen atoms in total. The summed E-state index contributed by atoms with van der Waals surface area (Å²) in [5.74, 6) is -1.49. The van der Waals surface area contributed by atoms with E-state index in [9.17, 15) is 19.7 Å². The zero-order valence-electron chi connectivity index (χ0n) is 15.1. The van der Waals surface area contributed by atoms with Crippen molar-refractivity contribution in [1.82, 2.24) is 4.90 Å². The predicted molar refractivity (Wildman–Crippen MR) is 116 cm³/mol. The lowest BCUT2D eigenvalue weighted by Gasteiger charge is -2.11. The normalized spacial score (nSPS) is 15.0. The van der Waals surface area contributed by atoms with Crippen molar-refractivity contribution in [3.05, 3.63) is 73.6 Å². The van der Waals surface area contributed by atoms with Crippen molar-refractivity contribution >= 4 is 63.5 Å². The van der Waals surface area contributed by atoms with E-state index < -0.39 is 23.3 Å². The fourth-order valence-corrected chi connectivity index (χ4v) is 4.01. The summed E-state index contributed by atoms with van der Waals surface area (Å²) in [5.41, 5.74) is 0.815. The molecule has 1 fully saturated rings. The molecule has 1 saturated heterocycles. The maximum Gasteiger partial charge on any atom is 0.323 e. The van der Waals surface area contributed by atoms with Gasteiger partial charge in [-0.15, -0.1) is 0 Å². The van der Waals surface area contributed by atoms with Crippen LogP contribution in [0.5, 0.6) is 5.75 Å². The molecule has 0 bridgehead atoms. The van der Waals surface area contributed by atoms with Crippen LogP contribution in [0, 0.1) is 10.1 Å². The zero-order valence-corrected chi connectivity index (χ0v) is 17.5. The number of carboxylic acids is 1. The molecule has 2 aromatic carbocycles. The van der Waals surface area contributed by atoms with Gasteiger partial charge < -0.3 is 9.84 Å². The number of hydrogen-bond acceptors (Lipinski definition) is 7. The molecule has 0 aromatic heterocycles. The Balaban J connectivity index is 1.93. The standard InChI is InChI=1S/C19H13ClN2O6S2/c20-14-4-2-1-3-11(14)10-28-15-6-5-13(22(26)27)7-12(15)8-16-18(25)21(9-17(23)24)19(29)30-16/h1-8H,9-10H2,(H,23,24)/b16-8-. The number of ether oxygens (including phenoxy) is 1. The van der Waals surface area contributed by atoms with Crippen molar-refractivity contribution < 1.29 is 24.4 Å². The number of nitrogens with zero attached hydrogens (tertiary/aromatic N) is 2. The highest BCUT2D eigenvalue weighted by Crippen LogP contribution is 2.35. The number of non-ortho nitro benzene ring substituents is 1. The molecule has 1 aliphatic heterocycles. The first kappa shape index (κ1) is 21.8. The third-order valence-electron chi connectivity index (χ3n) is 4.00. The van der Waals surface area contributed by atoms with Crippen molar-refractivity contribution in [2.45, 2.75) is 6.61 Å². The lowest BCUT2D eigenvalue weighted by molar-refractivity contribution is -0.384. The van der Waals surface area contributed by atoms with Gasteiger partial charge in [0.05, 0.1) is 9.83 Å². The molecule has 1 amide bonds. The molecule has 30 heavy (non-hydrogen) atoms. The van der Waals surface area contributed by atoms with Crippen molar-refractivity contribution in [2.24, 2.45) is 0 Å². The summed E-state index contributed by atoms with van der Waals surface area (Å²) in [4.78, 5) is 35.2. The van der Waals surface area contributed by atoms with Crippen LogP contribution in [0.3, 0.4) is 0 Å². The number of aliphatic carboxylic acids is 1. The maximum absolute atomic E-state index is 12.5. The SMILES string of the molecule is O=C(O)CN1C(=O)/C(=C/c2cc([N+](=O)[O-])ccc2OCc2ccccc2Cl)SC1=S. The number of nitro groups is 1. The van der Waals surface area contributed by atoms with Crippen LogP contribution in [-0.4, -0.2) is 37.7 Å². The van der Waals surface area contributed by atoms with E-state index in [1.807, 2.05) is 0 Å². The number of thioether (sulfide) groups is 1. The number of nitro benzene ring substituents is 1. The molecule has 11 heteroatoms. The van der Waals surface area contributed by atoms with Crippen LogP contribution in [0.4, 0.5) is 5.69 Å². The Bertz CT molecular complexity index is 1090. The molecule has 1 heterocycles. The topological polar surface area (TPSA) is 110 Å². The maximum atomic E-state index is 12.5. The van der Waals surface area contributed by atoms with Gasteiger partial charge in [0.2, 0.25) is 0 Å². The Morgan fingerprint density at radius 3 is 2.73 bits per heavy atom. The van der Waals surface area contributed by atoms with Crippen molar-refractivity contribution in [3.63, 3.8) is 0 Å². The Morgan fingerprint density at radius 2 is 2.07 bits per heavy atom. The number of benzene rings is 2. The molecule has 0 atom stereocenters. The highest BCUT2D eigenvalue weighted by Gasteiger charge is 2.33. The summed E-state index contributed by atoms with van der Waals surface area (Å²) in [5, 5.41) is 20.6. The fourth-order valence-electron chi connectivity index (χ4n) is 2.58. The van der Waals surface area contributed by atoms with Crippen LogP contribution < -0.4 is 4.74 Å². The molecule has 1 N–H and O–H groups in total. The molecule has 2 aromatic rings. The molecule has 154 valence electrons. The van der Waals surface area contributed by atoms with E-state index in [1.54, 1.807) is 24.3 Å². The highest BCUT2D eigenvalue weighted by molar-refractivity contribution is 8.26. The van der Waals surface area contributed by atoms with E-state index in [4.69, 9.17) is 33.7 Å². The average Bonchev–Trinajstić information content (AvgIpc) is 2.95. The van der Waals surface area contributed by atoms with Gasteiger partial charge in [-0.25, -0.2) is 0 Å². The number of carbonyl (C=O) groups excluding carboxylic acids is 1. The van der Waals surface area contributed by atoms with Gasteiger partial charge in [0.25, 0.3) is 11.6 Å². The number of carboxylic acid groups (broad SMARTS) is 1. The third kappa shape index (κ3) is 4.96. The van der Waals surface area contributed by atoms with E-state index in [-0.39, 0.29) is 27.1 Å². The number of carbonyl (C=O) groups is 2. The summed E-state index contributed by atoms with van der Waals surface area (Å²) in [7, 11) is 0. The predicted octanol–water partition coefficient (Wildman–Crippen LogP) is 4.11. The van der Waals surface area contributed by atoms with Crippen LogP contribution >= 0.6 is 35.6 Å². The molecular formula is C19H13ClN2O6S2. The molecule has 3 rings (SSSR count). The fraction of sp³-hybridized carbons (Fsp3) is 0.105. The Kier molecular flexibility index (Phi) is 6.70. The summed E-state index contributed by atoms with van der Waals surface area (Å²) in [6, 6.07) is 11.1. The van der Waals surface area contributed by atoms with Crippen LogP contribution in [-0.2, 0) is 16.2 Å². The second-order valence-corrected chi connectivity index (χ2v) is 8.10. The number of amides is 1. The second-order valence-electron chi connectivity index (χ2n) is 6.02. The largest absolute Gasteiger partial charge is 0.488 e. The van der Waals surface area contributed by atoms with Crippen LogP contribution in [0.15, 0.2) is 47.4 Å². The van der Waals surface area contributed by atoms with Crippen molar-refractivity contribution in [3.8, 4) is 5.75 Å². The Hall–Kier alpha value is -2.95. The molecule has 0 saturated carbocycles. The molecule has 0 radical (unpaired) electrons. The monoisotopic (exact) mass is 464 g/mol. The quantitative estimate of drug-likeness (QED) is 0.282. The van der Waals surface area contributed by atoms with Crippen LogP contribution in [0.1, 0.15) is 11.1 Å². The summed E-state index contributed by atoms with van der Waals surface area (Å²) >= 11 is 12.1. The van der Waals surface area contributed by atoms with Crippen molar-refractivity contribution in [1.29, 1.82) is 0 Å². The van der Waals surface area contributed by atoms with Crippen LogP contribution in [0.2, 0.25) is 5.02 Å². The Morgan fingerprint density at radius 1 is 1.33 bits per heavy atom. The first-order chi connectivity index (χ1) is 14.3. The number of thiocarbonyl (C=S) groups is 1. The number of halogens is 1. The van der Waals surface area contributed by atoms with E-state index in [0.717, 1.165) is 22.2 Å². The minimum atomic E-state index is -1.20. The van der Waals surface area contributed by atoms with E-state index in [2.05, 4.69) is 0 Å². The van der Waals surface area contributed by atoms with Gasteiger partial charge in [-0.05, 0) is 18.2 Å². The average molecular weight is 465 g/mol. The minimum Gasteiger partial charge on any atom is -0.488 e. The third-order valence-corrected chi connectivity index (χ3v) is 5.75. The molecule has 0 aliphatic carbocycles. The molecule has 0 spiro atoms. The summed E-state index contributed by atoms with van der Waals surface area (Å²) in [6.07, 6.45) is 1.40. The van der Waals surface area contributed by atoms with Gasteiger partial charge in [0.15, 0.2) is 0 Å². The highest BCUT2D eigenvalue weighted by atomic mass is 35.5. The lowest BCUT2D eigenvalue weighted by Crippen LogP contribution is -2.33. The lowest BCUT2D eigenvalue weighted by atomic mass is 10.1. The minimum absolute atomic E-state index is 0.0950. The zero-order chi connectivity index (χ0) is 21.8. The van der Waals surface area contributed by atoms with Gasteiger partial charge >= 0.3 is 5.97 Å². The Labute approximate surface area is 185 Å². The van der Waals surface area contributed by atoms with E-state index in [0.29, 0.717) is 10.8 Å². The van der Waals surface area contributed by atoms with Crippen molar-refractivity contribution in [2.75, 3.05) is 6.54 Å². The van der Waals surface area contributed by atoms with Gasteiger partial charge in [0.1, 0.15) is 23.2 Å². The smallest absolute Gasteiger partial charge is 0.323 e. The second kappa shape index (κ2) is 9.24. The molecule has 0 unspecified atom stereocenters. The summed E-state index contributed by atoms with van der Waals surface area (Å²) in [6.45, 7) is -0.453. The number of rotatable bonds is 7. The molecule has 1 aliphatic rings. The van der Waals surface area contributed by atoms with Gasteiger partial charge in [0, 0.05) is 28.3 Å². The van der Waals surface area contributed by atoms with E-state index in [1.165, 1.54) is 24.3 Å². The van der Waals surface area contributed by atoms with Gasteiger partial charge in [-0.2, -0.15) is 0 Å². The number of hydrogen-bond donors (Lipinski definition) is 1. The summed E-state index contributed by atoms with van der Waals surface area (Å²) < 4.78 is 5.88. The first-order valence-corrected chi connectivity index (χ1v) is 9.98. The van der Waals surface area contributed by atoms with Gasteiger partial charge in [-0.1, -0.05) is 53.8 Å². The first-order valence-electron chi connectivity index (χ1n) is 8.38. The van der Waals surface area contributed by atoms with Gasteiger partial charge in [-0.3, -0.25) is 24.6 Å². The van der Waals surface area contributed by atoms with Crippen LogP contribution in [0.25, 0.3) is 6.08 Å². The van der Waals surface area contributed by atoms with E-state index >= 15 is 0 Å².